The van der Waals surface area contributed by atoms with Crippen LogP contribution >= 0.6 is 0 Å². The molecule has 0 amide bonds. The van der Waals surface area contributed by atoms with E-state index in [4.69, 9.17) is 0 Å². The van der Waals surface area contributed by atoms with E-state index in [-0.39, 0.29) is 4.79 Å². The number of hydrogen-bond acceptors (Lipinski definition) is 0. The second-order valence-corrected chi connectivity index (χ2v) is 21.8. The third kappa shape index (κ3) is 3.96. The Hall–Kier alpha value is -3.25. The summed E-state index contributed by atoms with van der Waals surface area (Å²) in [7, 11) is -7.81. The van der Waals surface area contributed by atoms with Gasteiger partial charge in [-0.3, -0.25) is 0 Å². The fraction of sp³-hybridized carbons (Fsp3) is 0.0323. The Morgan fingerprint density at radius 2 is 0.588 bits per heavy atom. The topological polar surface area (TPSA) is 0 Å². The van der Waals surface area contributed by atoms with Crippen LogP contribution in [-0.2, 0) is 0 Å². The van der Waals surface area contributed by atoms with Crippen LogP contribution in [0.4, 0.5) is 0 Å². The highest BCUT2D eigenvalue weighted by Crippen LogP contribution is 2.43. The van der Waals surface area contributed by atoms with Crippen LogP contribution in [0, 0.1) is 0 Å². The van der Waals surface area contributed by atoms with E-state index in [0.717, 1.165) is 0 Å². The van der Waals surface area contributed by atoms with Gasteiger partial charge in [-0.05, 0) is 4.79 Å². The molecule has 0 aliphatic carbocycles. The average molecular weight is 491 g/mol. The van der Waals surface area contributed by atoms with E-state index < -0.39 is 24.2 Å². The molecule has 0 heterocycles. The van der Waals surface area contributed by atoms with Crippen molar-refractivity contribution in [3.05, 3.63) is 165 Å². The van der Waals surface area contributed by atoms with Crippen LogP contribution in [0.2, 0.25) is 4.79 Å². The standard InChI is InChI=1S/C31H34Si3/c1-7-32(8-2,28-22-16-13-17-23-28)31(33(9-3,10-4)29-24-18-14-19-25-29)34(11-5,12-6)30-26-20-15-21-27-30/h7-27,31H,1-6H2. The van der Waals surface area contributed by atoms with Crippen molar-refractivity contribution >= 4 is 39.8 Å². The maximum Gasteiger partial charge on any atom is 0.132 e. The first kappa shape index (κ1) is 25.4. The molecule has 0 fully saturated rings. The molecule has 0 aliphatic heterocycles. The zero-order valence-electron chi connectivity index (χ0n) is 19.9. The molecule has 0 saturated heterocycles. The molecule has 0 saturated carbocycles. The van der Waals surface area contributed by atoms with Gasteiger partial charge in [-0.25, -0.2) is 0 Å². The summed E-state index contributed by atoms with van der Waals surface area (Å²) in [6, 6.07) is 32.3. The van der Waals surface area contributed by atoms with Crippen LogP contribution in [-0.4, -0.2) is 24.2 Å². The molecule has 0 unspecified atom stereocenters. The van der Waals surface area contributed by atoms with E-state index in [1.54, 1.807) is 0 Å². The highest BCUT2D eigenvalue weighted by Gasteiger charge is 2.59. The summed E-state index contributed by atoms with van der Waals surface area (Å²) in [5.41, 5.74) is 13.2. The van der Waals surface area contributed by atoms with Crippen molar-refractivity contribution in [1.29, 1.82) is 0 Å². The SMILES string of the molecule is C=C[Si](C=C)(c1ccccc1)C([Si](C=C)(C=C)c1ccccc1)[Si](C=C)(C=C)c1ccccc1. The van der Waals surface area contributed by atoms with Crippen molar-refractivity contribution < 1.29 is 0 Å². The maximum absolute atomic E-state index is 4.45. The lowest BCUT2D eigenvalue weighted by atomic mass is 10.4. The Kier molecular flexibility index (Phi) is 8.05. The van der Waals surface area contributed by atoms with Gasteiger partial charge in [0, 0.05) is 0 Å². The lowest BCUT2D eigenvalue weighted by Gasteiger charge is -2.52. The van der Waals surface area contributed by atoms with Crippen molar-refractivity contribution in [2.24, 2.45) is 0 Å². The minimum Gasteiger partial charge on any atom is -0.106 e. The first-order chi connectivity index (χ1) is 16.5. The van der Waals surface area contributed by atoms with Gasteiger partial charge in [0.25, 0.3) is 0 Å². The Labute approximate surface area is 208 Å². The third-order valence-corrected chi connectivity index (χ3v) is 26.8. The summed E-state index contributed by atoms with van der Waals surface area (Å²) in [6.07, 6.45) is 0. The molecule has 0 bridgehead atoms. The summed E-state index contributed by atoms with van der Waals surface area (Å²) in [5.74, 6) is 0. The maximum atomic E-state index is 4.45. The molecule has 3 aromatic rings. The molecule has 3 aromatic carbocycles. The molecule has 0 aromatic heterocycles. The van der Waals surface area contributed by atoms with Crippen molar-refractivity contribution in [2.75, 3.05) is 0 Å². The Morgan fingerprint density at radius 1 is 0.382 bits per heavy atom. The number of rotatable bonds is 12. The Balaban J connectivity index is 2.57. The normalized spacial score (nSPS) is 11.9. The predicted octanol–water partition coefficient (Wildman–Crippen LogP) is 5.85. The molecular formula is C31H34Si3. The Bertz CT molecular complexity index is 988. The smallest absolute Gasteiger partial charge is 0.106 e. The molecular weight excluding hydrogens is 457 g/mol. The fourth-order valence-electron chi connectivity index (χ4n) is 5.53. The minimum absolute atomic E-state index is 0.166. The Morgan fingerprint density at radius 3 is 0.765 bits per heavy atom. The van der Waals surface area contributed by atoms with E-state index in [1.807, 2.05) is 0 Å². The summed E-state index contributed by atoms with van der Waals surface area (Å²) in [6.45, 7) is 26.7. The van der Waals surface area contributed by atoms with Gasteiger partial charge in [0.05, 0.1) is 0 Å². The molecule has 0 N–H and O–H groups in total. The summed E-state index contributed by atoms with van der Waals surface area (Å²) >= 11 is 0. The van der Waals surface area contributed by atoms with E-state index in [9.17, 15) is 0 Å². The highest BCUT2D eigenvalue weighted by molar-refractivity contribution is 7.31. The van der Waals surface area contributed by atoms with Crippen molar-refractivity contribution in [2.45, 2.75) is 4.79 Å². The third-order valence-electron chi connectivity index (χ3n) is 7.28. The highest BCUT2D eigenvalue weighted by atomic mass is 28.5. The van der Waals surface area contributed by atoms with Gasteiger partial charge in [0.1, 0.15) is 24.2 Å². The minimum atomic E-state index is -2.60. The number of hydrogen-bond donors (Lipinski definition) is 0. The first-order valence-corrected chi connectivity index (χ1v) is 18.2. The second kappa shape index (κ2) is 10.8. The van der Waals surface area contributed by atoms with Gasteiger partial charge in [0.15, 0.2) is 0 Å². The monoisotopic (exact) mass is 490 g/mol. The lowest BCUT2D eigenvalue weighted by molar-refractivity contribution is 1.49. The summed E-state index contributed by atoms with van der Waals surface area (Å²) in [4.78, 5) is 0.166. The quantitative estimate of drug-likeness (QED) is 0.279. The van der Waals surface area contributed by atoms with Crippen molar-refractivity contribution in [3.8, 4) is 0 Å². The summed E-state index contributed by atoms with van der Waals surface area (Å²) in [5, 5.41) is 3.87. The first-order valence-electron chi connectivity index (χ1n) is 11.5. The molecule has 3 rings (SSSR count). The van der Waals surface area contributed by atoms with E-state index in [1.165, 1.54) is 15.6 Å². The van der Waals surface area contributed by atoms with Gasteiger partial charge < -0.3 is 0 Å². The van der Waals surface area contributed by atoms with Gasteiger partial charge >= 0.3 is 0 Å². The van der Waals surface area contributed by atoms with E-state index in [0.29, 0.717) is 0 Å². The van der Waals surface area contributed by atoms with Gasteiger partial charge in [-0.2, -0.15) is 0 Å². The van der Waals surface area contributed by atoms with Crippen molar-refractivity contribution in [1.82, 2.24) is 0 Å². The zero-order chi connectivity index (χ0) is 24.7. The van der Waals surface area contributed by atoms with Crippen LogP contribution < -0.4 is 15.6 Å². The van der Waals surface area contributed by atoms with E-state index in [2.05, 4.69) is 165 Å². The van der Waals surface area contributed by atoms with Gasteiger partial charge in [-0.1, -0.05) is 141 Å². The molecule has 170 valence electrons. The van der Waals surface area contributed by atoms with Gasteiger partial charge in [-0.15, -0.1) is 39.5 Å². The van der Waals surface area contributed by atoms with E-state index >= 15 is 0 Å². The summed E-state index contributed by atoms with van der Waals surface area (Å²) < 4.78 is 0. The van der Waals surface area contributed by atoms with Crippen LogP contribution in [0.15, 0.2) is 165 Å². The van der Waals surface area contributed by atoms with Gasteiger partial charge in [0.2, 0.25) is 0 Å². The molecule has 0 nitrogen and oxygen atoms in total. The van der Waals surface area contributed by atoms with Crippen LogP contribution in [0.3, 0.4) is 0 Å². The number of benzene rings is 3. The van der Waals surface area contributed by atoms with Crippen molar-refractivity contribution in [3.63, 3.8) is 0 Å². The molecule has 3 heteroatoms. The average Bonchev–Trinajstić information content (AvgIpc) is 2.93. The zero-order valence-corrected chi connectivity index (χ0v) is 22.9. The second-order valence-electron chi connectivity index (χ2n) is 8.55. The lowest BCUT2D eigenvalue weighted by Crippen LogP contribution is -2.73. The van der Waals surface area contributed by atoms with Crippen LogP contribution in [0.1, 0.15) is 0 Å². The molecule has 0 radical (unpaired) electrons. The predicted molar refractivity (Wildman–Crippen MR) is 160 cm³/mol. The molecule has 0 aliphatic rings. The van der Waals surface area contributed by atoms with Crippen LogP contribution in [0.25, 0.3) is 0 Å². The largest absolute Gasteiger partial charge is 0.132 e. The molecule has 34 heavy (non-hydrogen) atoms. The molecule has 0 atom stereocenters. The molecule has 0 spiro atoms. The van der Waals surface area contributed by atoms with Crippen LogP contribution in [0.5, 0.6) is 0 Å². The fourth-order valence-corrected chi connectivity index (χ4v) is 28.9.